The quantitative estimate of drug-likeness (QED) is 0.150. The van der Waals surface area contributed by atoms with Crippen LogP contribution in [0.25, 0.3) is 0 Å². The highest BCUT2D eigenvalue weighted by Gasteiger charge is 2.00. The van der Waals surface area contributed by atoms with E-state index in [1.54, 1.807) is 0 Å². The second-order valence-electron chi connectivity index (χ2n) is 6.86. The van der Waals surface area contributed by atoms with Gasteiger partial charge in [0.05, 0.1) is 19.6 Å². The monoisotopic (exact) mass is 398 g/mol. The van der Waals surface area contributed by atoms with E-state index < -0.39 is 10.4 Å². The standard InChI is InChI=1S/C18H39S.CH4O4S/c1-4-5-6-7-8-9-10-11-12-13-14-15-16-17-18-19(2)3;1-5-6(2,3)4/h4-18H2,1-3H3;1H3,(H,2,3,4)/q+1;/p-1. The van der Waals surface area contributed by atoms with Crippen LogP contribution in [-0.2, 0) is 25.5 Å². The first kappa shape index (κ1) is 27.4. The van der Waals surface area contributed by atoms with Crippen LogP contribution in [-0.4, -0.2) is 38.3 Å². The van der Waals surface area contributed by atoms with Gasteiger partial charge in [0.15, 0.2) is 0 Å². The molecule has 0 rings (SSSR count). The van der Waals surface area contributed by atoms with Crippen molar-refractivity contribution >= 4 is 21.3 Å². The predicted molar refractivity (Wildman–Crippen MR) is 111 cm³/mol. The van der Waals surface area contributed by atoms with Gasteiger partial charge in [-0.3, -0.25) is 4.18 Å². The molecule has 0 aromatic heterocycles. The molecule has 0 saturated heterocycles. The van der Waals surface area contributed by atoms with E-state index >= 15 is 0 Å². The van der Waals surface area contributed by atoms with Crippen molar-refractivity contribution in [3.05, 3.63) is 0 Å². The van der Waals surface area contributed by atoms with Crippen LogP contribution in [0.1, 0.15) is 96.8 Å². The van der Waals surface area contributed by atoms with Crippen LogP contribution in [0.15, 0.2) is 0 Å². The van der Waals surface area contributed by atoms with Crippen LogP contribution < -0.4 is 0 Å². The normalized spacial score (nSPS) is 11.4. The van der Waals surface area contributed by atoms with Gasteiger partial charge in [0.1, 0.15) is 5.75 Å². The third-order valence-electron chi connectivity index (χ3n) is 4.11. The van der Waals surface area contributed by atoms with Crippen molar-refractivity contribution in [2.24, 2.45) is 0 Å². The lowest BCUT2D eigenvalue weighted by molar-refractivity contribution is 0.314. The van der Waals surface area contributed by atoms with Gasteiger partial charge < -0.3 is 4.55 Å². The van der Waals surface area contributed by atoms with E-state index in [9.17, 15) is 13.0 Å². The zero-order chi connectivity index (χ0) is 19.4. The SMILES string of the molecule is CCCCCCCCCCCCCCCC[S+](C)C.COS(=O)(=O)[O-]. The molecule has 0 saturated carbocycles. The molecule has 0 aliphatic carbocycles. The molecule has 0 heterocycles. The molecule has 0 N–H and O–H groups in total. The molecule has 0 amide bonds. The van der Waals surface area contributed by atoms with E-state index in [4.69, 9.17) is 0 Å². The van der Waals surface area contributed by atoms with Crippen LogP contribution in [0.3, 0.4) is 0 Å². The van der Waals surface area contributed by atoms with E-state index in [-0.39, 0.29) is 0 Å². The first-order valence-corrected chi connectivity index (χ1v) is 13.4. The van der Waals surface area contributed by atoms with Crippen LogP contribution in [0.4, 0.5) is 0 Å². The van der Waals surface area contributed by atoms with Gasteiger partial charge in [-0.05, 0) is 23.7 Å². The summed E-state index contributed by atoms with van der Waals surface area (Å²) < 4.78 is 31.0. The summed E-state index contributed by atoms with van der Waals surface area (Å²) in [6.07, 6.45) is 25.3. The molecule has 0 atom stereocenters. The van der Waals surface area contributed by atoms with Gasteiger partial charge in [0.25, 0.3) is 0 Å². The lowest BCUT2D eigenvalue weighted by Gasteiger charge is -2.03. The first-order chi connectivity index (χ1) is 11.8. The Bertz CT molecular complexity index is 343. The van der Waals surface area contributed by atoms with E-state index in [0.29, 0.717) is 10.9 Å². The molecule has 0 unspecified atom stereocenters. The highest BCUT2D eigenvalue weighted by molar-refractivity contribution is 7.95. The maximum absolute atomic E-state index is 9.22. The molecule has 0 aliphatic rings. The molecule has 0 bridgehead atoms. The molecule has 25 heavy (non-hydrogen) atoms. The highest BCUT2D eigenvalue weighted by atomic mass is 32.3. The fourth-order valence-electron chi connectivity index (χ4n) is 2.59. The number of unbranched alkanes of at least 4 members (excludes halogenated alkanes) is 13. The van der Waals surface area contributed by atoms with Crippen LogP contribution >= 0.6 is 0 Å². The van der Waals surface area contributed by atoms with Crippen molar-refractivity contribution in [1.82, 2.24) is 0 Å². The van der Waals surface area contributed by atoms with Crippen molar-refractivity contribution in [1.29, 1.82) is 0 Å². The summed E-state index contributed by atoms with van der Waals surface area (Å²) in [7, 11) is -2.94. The second-order valence-corrected chi connectivity index (χ2v) is 10.4. The molecular formula is C19H42O4S2. The average molecular weight is 399 g/mol. The van der Waals surface area contributed by atoms with E-state index in [1.807, 2.05) is 0 Å². The van der Waals surface area contributed by atoms with E-state index in [0.717, 1.165) is 7.11 Å². The van der Waals surface area contributed by atoms with E-state index in [1.165, 1.54) is 95.6 Å². The Morgan fingerprint density at radius 3 is 1.24 bits per heavy atom. The van der Waals surface area contributed by atoms with Crippen molar-refractivity contribution in [2.75, 3.05) is 25.4 Å². The van der Waals surface area contributed by atoms with Gasteiger partial charge in [0.2, 0.25) is 10.4 Å². The Balaban J connectivity index is 0. The van der Waals surface area contributed by atoms with Crippen LogP contribution in [0.2, 0.25) is 0 Å². The summed E-state index contributed by atoms with van der Waals surface area (Å²) in [5, 5.41) is 0. The maximum atomic E-state index is 9.22. The van der Waals surface area contributed by atoms with Gasteiger partial charge in [-0.25, -0.2) is 8.42 Å². The lowest BCUT2D eigenvalue weighted by Crippen LogP contribution is -2.00. The maximum Gasteiger partial charge on any atom is 0.217 e. The molecule has 0 spiro atoms. The Morgan fingerprint density at radius 1 is 0.720 bits per heavy atom. The predicted octanol–water partition coefficient (Wildman–Crippen LogP) is 5.44. The molecule has 0 aliphatic heterocycles. The zero-order valence-electron chi connectivity index (χ0n) is 17.1. The molecule has 0 aromatic rings. The molecule has 154 valence electrons. The molecule has 0 aromatic carbocycles. The van der Waals surface area contributed by atoms with Crippen LogP contribution in [0, 0.1) is 0 Å². The van der Waals surface area contributed by atoms with Crippen molar-refractivity contribution in [3.8, 4) is 0 Å². The number of hydrogen-bond acceptors (Lipinski definition) is 4. The van der Waals surface area contributed by atoms with Crippen LogP contribution in [0.5, 0.6) is 0 Å². The first-order valence-electron chi connectivity index (χ1n) is 9.89. The van der Waals surface area contributed by atoms with Crippen molar-refractivity contribution in [3.63, 3.8) is 0 Å². The summed E-state index contributed by atoms with van der Waals surface area (Å²) in [6, 6.07) is 0. The Labute approximate surface area is 160 Å². The molecule has 0 radical (unpaired) electrons. The fraction of sp³-hybridized carbons (Fsp3) is 1.00. The summed E-state index contributed by atoms with van der Waals surface area (Å²) >= 11 is 0. The topological polar surface area (TPSA) is 66.4 Å². The van der Waals surface area contributed by atoms with Gasteiger partial charge in [-0.1, -0.05) is 84.0 Å². The summed E-state index contributed by atoms with van der Waals surface area (Å²) in [5.41, 5.74) is 0. The van der Waals surface area contributed by atoms with E-state index in [2.05, 4.69) is 23.6 Å². The molecule has 6 heteroatoms. The minimum Gasteiger partial charge on any atom is -0.726 e. The summed E-state index contributed by atoms with van der Waals surface area (Å²) in [6.45, 7) is 2.29. The molecular weight excluding hydrogens is 356 g/mol. The second kappa shape index (κ2) is 20.5. The average Bonchev–Trinajstić information content (AvgIpc) is 2.55. The van der Waals surface area contributed by atoms with Crippen molar-refractivity contribution < 1.29 is 17.2 Å². The van der Waals surface area contributed by atoms with Gasteiger partial charge in [-0.2, -0.15) is 0 Å². The Morgan fingerprint density at radius 2 is 1.00 bits per heavy atom. The largest absolute Gasteiger partial charge is 0.726 e. The zero-order valence-corrected chi connectivity index (χ0v) is 18.7. The minimum absolute atomic E-state index is 0.668. The third-order valence-corrected chi connectivity index (χ3v) is 5.62. The Kier molecular flexibility index (Phi) is 22.5. The minimum atomic E-state index is -4.41. The molecule has 4 nitrogen and oxygen atoms in total. The Hall–Kier alpha value is 0.220. The van der Waals surface area contributed by atoms with Crippen molar-refractivity contribution in [2.45, 2.75) is 96.8 Å². The summed E-state index contributed by atoms with van der Waals surface area (Å²) in [4.78, 5) is 0. The number of rotatable bonds is 16. The molecule has 0 fully saturated rings. The lowest BCUT2D eigenvalue weighted by atomic mass is 10.0. The fourth-order valence-corrected chi connectivity index (χ4v) is 3.37. The highest BCUT2D eigenvalue weighted by Crippen LogP contribution is 2.13. The van der Waals surface area contributed by atoms with Gasteiger partial charge in [0, 0.05) is 0 Å². The summed E-state index contributed by atoms with van der Waals surface area (Å²) in [5.74, 6) is 1.46. The number of hydrogen-bond donors (Lipinski definition) is 0. The van der Waals surface area contributed by atoms with Gasteiger partial charge in [-0.15, -0.1) is 0 Å². The van der Waals surface area contributed by atoms with Gasteiger partial charge >= 0.3 is 0 Å². The third kappa shape index (κ3) is 32.4. The smallest absolute Gasteiger partial charge is 0.217 e.